The van der Waals surface area contributed by atoms with E-state index >= 15 is 0 Å². The third-order valence-electron chi connectivity index (χ3n) is 16.8. The summed E-state index contributed by atoms with van der Waals surface area (Å²) in [6.07, 6.45) is 92.1. The van der Waals surface area contributed by atoms with Gasteiger partial charge in [0.25, 0.3) is 0 Å². The van der Waals surface area contributed by atoms with Gasteiger partial charge < -0.3 is 20.3 Å². The van der Waals surface area contributed by atoms with Gasteiger partial charge in [0.1, 0.15) is 0 Å². The molecule has 0 aromatic rings. The molecule has 476 valence electrons. The van der Waals surface area contributed by atoms with Crippen molar-refractivity contribution in [2.24, 2.45) is 0 Å². The van der Waals surface area contributed by atoms with Crippen LogP contribution in [0.4, 0.5) is 0 Å². The molecular formula is C75H141NO5. The number of unbranched alkanes of at least 4 members (excludes halogenated alkanes) is 51. The van der Waals surface area contributed by atoms with Crippen molar-refractivity contribution in [3.05, 3.63) is 48.6 Å². The second-order valence-electron chi connectivity index (χ2n) is 24.9. The van der Waals surface area contributed by atoms with Gasteiger partial charge in [-0.05, 0) is 89.9 Å². The van der Waals surface area contributed by atoms with Crippen LogP contribution in [0.25, 0.3) is 0 Å². The molecule has 0 radical (unpaired) electrons. The second kappa shape index (κ2) is 70.3. The average Bonchev–Trinajstić information content (AvgIpc) is 3.47. The van der Waals surface area contributed by atoms with E-state index in [1.54, 1.807) is 6.08 Å². The maximum absolute atomic E-state index is 12.5. The fraction of sp³-hybridized carbons (Fsp3) is 0.867. The highest BCUT2D eigenvalue weighted by Gasteiger charge is 2.18. The number of aliphatic hydroxyl groups excluding tert-OH is 2. The van der Waals surface area contributed by atoms with Gasteiger partial charge >= 0.3 is 5.97 Å². The van der Waals surface area contributed by atoms with Crippen LogP contribution in [0.3, 0.4) is 0 Å². The minimum Gasteiger partial charge on any atom is -0.466 e. The molecular weight excluding hydrogens is 995 g/mol. The van der Waals surface area contributed by atoms with Crippen LogP contribution in [-0.4, -0.2) is 47.4 Å². The van der Waals surface area contributed by atoms with Crippen LogP contribution < -0.4 is 5.32 Å². The van der Waals surface area contributed by atoms with Gasteiger partial charge in [0.15, 0.2) is 0 Å². The Balaban J connectivity index is 3.35. The zero-order valence-corrected chi connectivity index (χ0v) is 54.5. The number of rotatable bonds is 68. The van der Waals surface area contributed by atoms with Crippen molar-refractivity contribution in [3.63, 3.8) is 0 Å². The Morgan fingerprint density at radius 3 is 0.975 bits per heavy atom. The average molecular weight is 1140 g/mol. The van der Waals surface area contributed by atoms with E-state index in [0.29, 0.717) is 19.4 Å². The van der Waals surface area contributed by atoms with Crippen molar-refractivity contribution in [3.8, 4) is 0 Å². The SMILES string of the molecule is CCCCC/C=C\C/C=C\CCCCCCCC(=O)OCCCCCCCCCCCCCCCC/C=C\CCCCCCCCCCCCCCCCCCCC(=O)NC(CO)C(O)/C=C/CCCCCCCCCCCCCC. The minimum absolute atomic E-state index is 0.00600. The number of esters is 1. The van der Waals surface area contributed by atoms with Gasteiger partial charge in [0.2, 0.25) is 5.91 Å². The summed E-state index contributed by atoms with van der Waals surface area (Å²) in [5, 5.41) is 23.1. The number of aliphatic hydroxyl groups is 2. The van der Waals surface area contributed by atoms with Gasteiger partial charge in [-0.25, -0.2) is 0 Å². The first-order chi connectivity index (χ1) is 40.0. The molecule has 6 nitrogen and oxygen atoms in total. The molecule has 2 atom stereocenters. The number of ether oxygens (including phenoxy) is 1. The van der Waals surface area contributed by atoms with Gasteiger partial charge in [0, 0.05) is 12.8 Å². The Morgan fingerprint density at radius 1 is 0.346 bits per heavy atom. The molecule has 1 amide bonds. The van der Waals surface area contributed by atoms with Crippen LogP contribution in [-0.2, 0) is 14.3 Å². The largest absolute Gasteiger partial charge is 0.466 e. The first-order valence-electron chi connectivity index (χ1n) is 36.4. The van der Waals surface area contributed by atoms with Crippen LogP contribution in [0, 0.1) is 0 Å². The Bertz CT molecular complexity index is 1360. The van der Waals surface area contributed by atoms with Crippen molar-refractivity contribution in [2.75, 3.05) is 13.2 Å². The van der Waals surface area contributed by atoms with Crippen LogP contribution in [0.15, 0.2) is 48.6 Å². The Kier molecular flexibility index (Phi) is 68.4. The number of hydrogen-bond donors (Lipinski definition) is 3. The molecule has 0 fully saturated rings. The van der Waals surface area contributed by atoms with E-state index in [1.807, 2.05) is 6.08 Å². The van der Waals surface area contributed by atoms with Crippen LogP contribution in [0.1, 0.15) is 393 Å². The molecule has 3 N–H and O–H groups in total. The Morgan fingerprint density at radius 2 is 0.617 bits per heavy atom. The van der Waals surface area contributed by atoms with E-state index in [-0.39, 0.29) is 18.5 Å². The van der Waals surface area contributed by atoms with Gasteiger partial charge in [0.05, 0.1) is 25.4 Å². The summed E-state index contributed by atoms with van der Waals surface area (Å²) in [6.45, 7) is 4.89. The lowest BCUT2D eigenvalue weighted by molar-refractivity contribution is -0.143. The third-order valence-corrected chi connectivity index (χ3v) is 16.8. The first kappa shape index (κ1) is 78.8. The lowest BCUT2D eigenvalue weighted by Gasteiger charge is -2.20. The van der Waals surface area contributed by atoms with Gasteiger partial charge in [-0.1, -0.05) is 339 Å². The number of nitrogens with one attached hydrogen (secondary N) is 1. The summed E-state index contributed by atoms with van der Waals surface area (Å²) >= 11 is 0. The lowest BCUT2D eigenvalue weighted by atomic mass is 10.0. The standard InChI is InChI=1S/C75H141NO5/c1-3-5-7-9-11-13-15-17-40-45-49-53-57-61-65-69-75(80)81-70-66-62-58-54-50-46-42-39-37-35-33-31-29-27-25-23-21-19-20-22-24-26-28-30-32-34-36-38-41-44-48-52-56-60-64-68-74(79)76-72(71-77)73(78)67-63-59-55-51-47-43-18-16-14-12-10-8-6-4-2/h11,13,17,21,23,40,63,67,72-73,77-78H,3-10,12,14-16,18-20,22,24-39,41-62,64-66,68-71H2,1-2H3,(H,76,79)/b13-11-,23-21-,40-17-,67-63+. The number of carbonyl (C=O) groups excluding carboxylic acids is 2. The molecule has 6 heteroatoms. The normalized spacial score (nSPS) is 12.8. The topological polar surface area (TPSA) is 95.9 Å². The molecule has 81 heavy (non-hydrogen) atoms. The maximum Gasteiger partial charge on any atom is 0.305 e. The molecule has 0 aliphatic carbocycles. The predicted molar refractivity (Wildman–Crippen MR) is 356 cm³/mol. The molecule has 0 aliphatic heterocycles. The summed E-state index contributed by atoms with van der Waals surface area (Å²) in [5.41, 5.74) is 0. The minimum atomic E-state index is -0.842. The van der Waals surface area contributed by atoms with Crippen molar-refractivity contribution in [1.82, 2.24) is 5.32 Å². The summed E-state index contributed by atoms with van der Waals surface area (Å²) in [4.78, 5) is 24.5. The third kappa shape index (κ3) is 66.8. The maximum atomic E-state index is 12.5. The van der Waals surface area contributed by atoms with Crippen LogP contribution in [0.2, 0.25) is 0 Å². The molecule has 2 unspecified atom stereocenters. The van der Waals surface area contributed by atoms with Gasteiger partial charge in [-0.2, -0.15) is 0 Å². The van der Waals surface area contributed by atoms with E-state index in [2.05, 4.69) is 55.6 Å². The second-order valence-corrected chi connectivity index (χ2v) is 24.9. The van der Waals surface area contributed by atoms with Gasteiger partial charge in [-0.3, -0.25) is 9.59 Å². The molecule has 0 aliphatic rings. The van der Waals surface area contributed by atoms with E-state index in [9.17, 15) is 19.8 Å². The summed E-state index contributed by atoms with van der Waals surface area (Å²) in [5.74, 6) is -0.0569. The Hall–Kier alpha value is -2.18. The van der Waals surface area contributed by atoms with E-state index in [0.717, 1.165) is 51.4 Å². The zero-order valence-electron chi connectivity index (χ0n) is 54.5. The van der Waals surface area contributed by atoms with Crippen molar-refractivity contribution >= 4 is 11.9 Å². The van der Waals surface area contributed by atoms with E-state index in [4.69, 9.17) is 4.74 Å². The molecule has 0 spiro atoms. The van der Waals surface area contributed by atoms with E-state index in [1.165, 1.54) is 315 Å². The quantitative estimate of drug-likeness (QED) is 0.0320. The van der Waals surface area contributed by atoms with Crippen LogP contribution in [0.5, 0.6) is 0 Å². The molecule has 0 saturated carbocycles. The predicted octanol–water partition coefficient (Wildman–Crippen LogP) is 23.6. The summed E-state index contributed by atoms with van der Waals surface area (Å²) < 4.78 is 5.49. The highest BCUT2D eigenvalue weighted by Crippen LogP contribution is 2.18. The number of carbonyl (C=O) groups is 2. The Labute approximate surface area is 506 Å². The van der Waals surface area contributed by atoms with Crippen LogP contribution >= 0.6 is 0 Å². The fourth-order valence-electron chi connectivity index (χ4n) is 11.3. The van der Waals surface area contributed by atoms with Crippen molar-refractivity contribution < 1.29 is 24.5 Å². The first-order valence-corrected chi connectivity index (χ1v) is 36.4. The highest BCUT2D eigenvalue weighted by atomic mass is 16.5. The molecule has 0 heterocycles. The van der Waals surface area contributed by atoms with Crippen molar-refractivity contribution in [2.45, 2.75) is 405 Å². The zero-order chi connectivity index (χ0) is 58.5. The molecule has 0 aromatic heterocycles. The number of allylic oxidation sites excluding steroid dienone is 7. The summed E-state index contributed by atoms with van der Waals surface area (Å²) in [6, 6.07) is -0.625. The molecule has 0 rings (SSSR count). The monoisotopic (exact) mass is 1140 g/mol. The van der Waals surface area contributed by atoms with E-state index < -0.39 is 12.1 Å². The summed E-state index contributed by atoms with van der Waals surface area (Å²) in [7, 11) is 0. The van der Waals surface area contributed by atoms with Crippen molar-refractivity contribution in [1.29, 1.82) is 0 Å². The molecule has 0 aromatic carbocycles. The number of amides is 1. The fourth-order valence-corrected chi connectivity index (χ4v) is 11.3. The smallest absolute Gasteiger partial charge is 0.305 e. The molecule has 0 bridgehead atoms. The highest BCUT2D eigenvalue weighted by molar-refractivity contribution is 5.76. The number of hydrogen-bond acceptors (Lipinski definition) is 5. The lowest BCUT2D eigenvalue weighted by Crippen LogP contribution is -2.45. The molecule has 0 saturated heterocycles. The van der Waals surface area contributed by atoms with Gasteiger partial charge in [-0.15, -0.1) is 0 Å².